The number of aliphatic carboxylic acids is 1. The number of rotatable bonds is 4. The van der Waals surface area contributed by atoms with E-state index in [9.17, 15) is 19.8 Å². The minimum absolute atomic E-state index is 0.0168. The van der Waals surface area contributed by atoms with E-state index < -0.39 is 18.0 Å². The van der Waals surface area contributed by atoms with Crippen molar-refractivity contribution in [3.63, 3.8) is 0 Å². The van der Waals surface area contributed by atoms with Crippen LogP contribution in [0.15, 0.2) is 46.5 Å². The highest BCUT2D eigenvalue weighted by atomic mass is 16.4. The van der Waals surface area contributed by atoms with Crippen LogP contribution in [0.4, 0.5) is 0 Å². The van der Waals surface area contributed by atoms with E-state index in [1.165, 1.54) is 4.90 Å². The summed E-state index contributed by atoms with van der Waals surface area (Å²) >= 11 is 0. The van der Waals surface area contributed by atoms with Gasteiger partial charge in [-0.3, -0.25) is 14.3 Å². The van der Waals surface area contributed by atoms with Gasteiger partial charge in [0.1, 0.15) is 29.9 Å². The molecule has 34 heavy (non-hydrogen) atoms. The summed E-state index contributed by atoms with van der Waals surface area (Å²) in [4.78, 5) is 28.6. The smallest absolute Gasteiger partial charge is 0.352 e. The van der Waals surface area contributed by atoms with Crippen LogP contribution in [0.25, 0.3) is 27.5 Å². The Hall–Kier alpha value is -3.65. The minimum Gasteiger partial charge on any atom is -0.477 e. The molecular formula is C26H26N3O5+. The van der Waals surface area contributed by atoms with Gasteiger partial charge in [0, 0.05) is 10.8 Å². The lowest BCUT2D eigenvalue weighted by Crippen LogP contribution is -2.61. The first kappa shape index (κ1) is 20.9. The molecule has 2 aromatic carbocycles. The number of carboxylic acids is 1. The first-order chi connectivity index (χ1) is 16.3. The average Bonchev–Trinajstić information content (AvgIpc) is 3.44. The normalized spacial score (nSPS) is 23.4. The molecule has 3 atom stereocenters. The van der Waals surface area contributed by atoms with Gasteiger partial charge < -0.3 is 19.5 Å². The molecule has 3 aromatic rings. The Morgan fingerprint density at radius 1 is 1.24 bits per heavy atom. The number of likely N-dealkylation sites (N-methyl/N-ethyl adjacent to an activating group) is 2. The quantitative estimate of drug-likeness (QED) is 0.458. The molecular weight excluding hydrogens is 434 g/mol. The zero-order valence-electron chi connectivity index (χ0n) is 19.3. The fraction of sp³-hybridized carbons (Fsp3) is 0.346. The first-order valence-corrected chi connectivity index (χ1v) is 11.5. The van der Waals surface area contributed by atoms with Crippen LogP contribution in [0.2, 0.25) is 0 Å². The number of amides is 1. The van der Waals surface area contributed by atoms with Crippen LogP contribution in [-0.2, 0) is 9.59 Å². The third-order valence-electron chi connectivity index (χ3n) is 7.49. The van der Waals surface area contributed by atoms with E-state index in [-0.39, 0.29) is 17.6 Å². The molecule has 8 nitrogen and oxygen atoms in total. The fourth-order valence-electron chi connectivity index (χ4n) is 5.91. The molecule has 3 aliphatic rings. The molecule has 0 saturated carbocycles. The second-order valence-electron chi connectivity index (χ2n) is 9.54. The number of hydrogen-bond acceptors (Lipinski definition) is 5. The summed E-state index contributed by atoms with van der Waals surface area (Å²) in [5.74, 6) is -1.02. The number of benzene rings is 2. The predicted molar refractivity (Wildman–Crippen MR) is 126 cm³/mol. The molecule has 0 aliphatic carbocycles. The van der Waals surface area contributed by atoms with Gasteiger partial charge in [-0.2, -0.15) is 0 Å². The van der Waals surface area contributed by atoms with Crippen molar-refractivity contribution in [2.75, 3.05) is 27.2 Å². The zero-order valence-corrected chi connectivity index (χ0v) is 19.3. The van der Waals surface area contributed by atoms with Crippen molar-refractivity contribution in [3.8, 4) is 0 Å². The van der Waals surface area contributed by atoms with Gasteiger partial charge in [-0.25, -0.2) is 4.79 Å². The van der Waals surface area contributed by atoms with Crippen molar-refractivity contribution in [1.82, 2.24) is 9.80 Å². The molecule has 1 fully saturated rings. The van der Waals surface area contributed by atoms with Crippen molar-refractivity contribution in [2.24, 2.45) is 5.92 Å². The molecule has 2 N–H and O–H groups in total. The number of carboxylic acid groups (broad SMARTS) is 1. The maximum atomic E-state index is 12.7. The highest BCUT2D eigenvalue weighted by Crippen LogP contribution is 2.48. The maximum Gasteiger partial charge on any atom is 0.352 e. The monoisotopic (exact) mass is 460 g/mol. The highest BCUT2D eigenvalue weighted by Gasteiger charge is 2.56. The summed E-state index contributed by atoms with van der Waals surface area (Å²) in [5, 5.41) is 22.0. The lowest BCUT2D eigenvalue weighted by Gasteiger charge is -2.44. The largest absolute Gasteiger partial charge is 0.477 e. The number of hydrogen-bond donors (Lipinski definition) is 2. The summed E-state index contributed by atoms with van der Waals surface area (Å²) < 4.78 is 8.47. The lowest BCUT2D eigenvalue weighted by atomic mass is 9.82. The summed E-state index contributed by atoms with van der Waals surface area (Å²) in [6.45, 7) is 3.34. The summed E-state index contributed by atoms with van der Waals surface area (Å²) in [7, 11) is 4.07. The van der Waals surface area contributed by atoms with Gasteiger partial charge in [-0.15, -0.1) is 0 Å². The van der Waals surface area contributed by atoms with Gasteiger partial charge in [-0.05, 0) is 42.7 Å². The minimum atomic E-state index is -1.13. The summed E-state index contributed by atoms with van der Waals surface area (Å²) in [6, 6.07) is 11.5. The third-order valence-corrected chi connectivity index (χ3v) is 7.49. The Bertz CT molecular complexity index is 1460. The zero-order chi connectivity index (χ0) is 23.9. The van der Waals surface area contributed by atoms with Crippen molar-refractivity contribution >= 4 is 45.2 Å². The van der Waals surface area contributed by atoms with Gasteiger partial charge in [0.05, 0.1) is 32.2 Å². The number of carbonyl (C=O) groups is 2. The van der Waals surface area contributed by atoms with E-state index in [0.717, 1.165) is 52.0 Å². The molecule has 1 saturated heterocycles. The Morgan fingerprint density at radius 2 is 2.00 bits per heavy atom. The number of aliphatic hydroxyl groups excluding tert-OH is 1. The topological polar surface area (TPSA) is 97.2 Å². The van der Waals surface area contributed by atoms with E-state index in [0.29, 0.717) is 12.0 Å². The number of furan rings is 1. The molecule has 0 unspecified atom stereocenters. The van der Waals surface area contributed by atoms with Crippen LogP contribution in [0.5, 0.6) is 0 Å². The number of β-lactam (4-membered cyclic amide) rings is 1. The van der Waals surface area contributed by atoms with Crippen LogP contribution < -0.4 is 0 Å². The maximum absolute atomic E-state index is 12.7. The van der Waals surface area contributed by atoms with E-state index in [1.807, 2.05) is 50.5 Å². The van der Waals surface area contributed by atoms with E-state index in [1.54, 1.807) is 6.92 Å². The SMILES string of the molecule is C[C@@H](O)[C@H]1C(=O)N2C(C(=O)O)=C(c3cc(C4=[N+](C)CCN4C)c4oc5ccccc5c4c3)C[C@H]12. The van der Waals surface area contributed by atoms with E-state index >= 15 is 0 Å². The number of carbonyl (C=O) groups excluding carboxylic acids is 1. The van der Waals surface area contributed by atoms with Gasteiger partial charge in [0.2, 0.25) is 5.91 Å². The molecule has 174 valence electrons. The Balaban J connectivity index is 1.62. The van der Waals surface area contributed by atoms with Crippen LogP contribution in [0.1, 0.15) is 24.5 Å². The number of nitrogens with zero attached hydrogens (tertiary/aromatic N) is 3. The molecule has 3 aliphatic heterocycles. The number of fused-ring (bicyclic) bond motifs is 4. The molecule has 1 amide bonds. The third kappa shape index (κ3) is 2.72. The second-order valence-corrected chi connectivity index (χ2v) is 9.54. The molecule has 8 heteroatoms. The Labute approximate surface area is 196 Å². The van der Waals surface area contributed by atoms with Crippen molar-refractivity contribution in [3.05, 3.63) is 53.2 Å². The fourth-order valence-corrected chi connectivity index (χ4v) is 5.91. The predicted octanol–water partition coefficient (Wildman–Crippen LogP) is 2.33. The van der Waals surface area contributed by atoms with Crippen molar-refractivity contribution in [1.29, 1.82) is 0 Å². The van der Waals surface area contributed by atoms with Crippen LogP contribution in [-0.4, -0.2) is 81.6 Å². The summed E-state index contributed by atoms with van der Waals surface area (Å²) in [6.07, 6.45) is -0.430. The van der Waals surface area contributed by atoms with Crippen LogP contribution in [0.3, 0.4) is 0 Å². The molecule has 0 bridgehead atoms. The highest BCUT2D eigenvalue weighted by molar-refractivity contribution is 6.15. The van der Waals surface area contributed by atoms with Crippen LogP contribution >= 0.6 is 0 Å². The lowest BCUT2D eigenvalue weighted by molar-refractivity contribution is -0.486. The standard InChI is InChI=1S/C26H25N3O5/c1-13(30)21-19-12-16(22(26(32)33)29(19)25(21)31)14-10-17-15-6-4-5-7-20(15)34-23(17)18(11-14)24-27(2)8-9-28(24)3/h4-7,10-11,13,19,21,30H,8-9,12H2,1-3H3/p+1/t13-,19-,21-/m1/s1. The van der Waals surface area contributed by atoms with E-state index in [2.05, 4.69) is 9.48 Å². The average molecular weight is 461 g/mol. The summed E-state index contributed by atoms with van der Waals surface area (Å²) in [5.41, 5.74) is 3.83. The molecule has 0 radical (unpaired) electrons. The number of para-hydroxylation sites is 1. The van der Waals surface area contributed by atoms with Gasteiger partial charge >= 0.3 is 5.97 Å². The van der Waals surface area contributed by atoms with Gasteiger partial charge in [0.15, 0.2) is 5.58 Å². The van der Waals surface area contributed by atoms with Crippen molar-refractivity contribution < 1.29 is 28.8 Å². The van der Waals surface area contributed by atoms with Gasteiger partial charge in [0.25, 0.3) is 5.84 Å². The second kappa shape index (κ2) is 7.17. The number of amidine groups is 1. The number of aliphatic hydroxyl groups is 1. The molecule has 4 heterocycles. The van der Waals surface area contributed by atoms with E-state index in [4.69, 9.17) is 4.42 Å². The Kier molecular flexibility index (Phi) is 4.41. The first-order valence-electron chi connectivity index (χ1n) is 11.5. The molecule has 6 rings (SSSR count). The molecule has 1 aromatic heterocycles. The molecule has 0 spiro atoms. The Morgan fingerprint density at radius 3 is 2.68 bits per heavy atom. The van der Waals surface area contributed by atoms with Gasteiger partial charge in [-0.1, -0.05) is 18.2 Å². The van der Waals surface area contributed by atoms with Crippen molar-refractivity contribution in [2.45, 2.75) is 25.5 Å². The van der Waals surface area contributed by atoms with Crippen LogP contribution in [0, 0.1) is 5.92 Å².